The summed E-state index contributed by atoms with van der Waals surface area (Å²) in [6.45, 7) is 5.91. The van der Waals surface area contributed by atoms with Crippen molar-refractivity contribution in [1.29, 1.82) is 0 Å². The van der Waals surface area contributed by atoms with Gasteiger partial charge in [0, 0.05) is 39.7 Å². The molecule has 1 saturated heterocycles. The molecule has 0 aliphatic carbocycles. The molecule has 28 heavy (non-hydrogen) atoms. The second-order valence-electron chi connectivity index (χ2n) is 6.86. The molecule has 2 amide bonds. The van der Waals surface area contributed by atoms with Crippen molar-refractivity contribution >= 4 is 17.8 Å². The zero-order valence-electron chi connectivity index (χ0n) is 16.9. The molecule has 1 fully saturated rings. The largest absolute Gasteiger partial charge is 0.469 e. The number of rotatable bonds is 9. The Morgan fingerprint density at radius 3 is 2.75 bits per heavy atom. The summed E-state index contributed by atoms with van der Waals surface area (Å²) in [6.07, 6.45) is 3.18. The van der Waals surface area contributed by atoms with Crippen molar-refractivity contribution in [3.05, 3.63) is 23.7 Å². The number of hydrogen-bond donors (Lipinski definition) is 0. The molecule has 1 atom stereocenters. The van der Waals surface area contributed by atoms with Gasteiger partial charge in [0.05, 0.1) is 31.0 Å². The van der Waals surface area contributed by atoms with Crippen molar-refractivity contribution in [1.82, 2.24) is 9.80 Å². The van der Waals surface area contributed by atoms with Crippen LogP contribution in [0.2, 0.25) is 0 Å². The first-order chi connectivity index (χ1) is 13.5. The molecule has 0 saturated carbocycles. The van der Waals surface area contributed by atoms with E-state index in [1.807, 2.05) is 0 Å². The highest BCUT2D eigenvalue weighted by Gasteiger charge is 2.29. The van der Waals surface area contributed by atoms with Crippen molar-refractivity contribution in [3.8, 4) is 0 Å². The van der Waals surface area contributed by atoms with Gasteiger partial charge in [0.1, 0.15) is 5.76 Å². The fourth-order valence-electron chi connectivity index (χ4n) is 3.34. The zero-order valence-corrected chi connectivity index (χ0v) is 16.9. The van der Waals surface area contributed by atoms with E-state index in [4.69, 9.17) is 13.9 Å². The Morgan fingerprint density at radius 1 is 1.32 bits per heavy atom. The number of furan rings is 1. The standard InChI is InChI=1S/C20H30N2O6/c1-4-27-20(25)16-6-5-9-22(14-16)18(23)7-10-21(11-13-26-3)19(24)17-8-12-28-15(17)2/h8,12,16H,4-7,9-11,13-14H2,1-3H3/t16-/m1/s1. The third kappa shape index (κ3) is 5.82. The Bertz CT molecular complexity index is 671. The molecular weight excluding hydrogens is 364 g/mol. The van der Waals surface area contributed by atoms with Crippen LogP contribution < -0.4 is 0 Å². The van der Waals surface area contributed by atoms with E-state index in [-0.39, 0.29) is 36.7 Å². The van der Waals surface area contributed by atoms with Gasteiger partial charge in [0.2, 0.25) is 5.91 Å². The number of aryl methyl sites for hydroxylation is 1. The van der Waals surface area contributed by atoms with Crippen LogP contribution in [0.4, 0.5) is 0 Å². The first-order valence-corrected chi connectivity index (χ1v) is 9.74. The quantitative estimate of drug-likeness (QED) is 0.594. The van der Waals surface area contributed by atoms with Crippen LogP contribution in [-0.4, -0.2) is 74.1 Å². The molecule has 0 unspecified atom stereocenters. The molecule has 0 radical (unpaired) electrons. The van der Waals surface area contributed by atoms with Crippen LogP contribution in [0.3, 0.4) is 0 Å². The molecule has 0 aromatic carbocycles. The number of hydrogen-bond acceptors (Lipinski definition) is 6. The molecule has 1 aromatic rings. The first-order valence-electron chi connectivity index (χ1n) is 9.74. The fourth-order valence-corrected chi connectivity index (χ4v) is 3.34. The van der Waals surface area contributed by atoms with Gasteiger partial charge >= 0.3 is 5.97 Å². The summed E-state index contributed by atoms with van der Waals surface area (Å²) in [7, 11) is 1.57. The number of methoxy groups -OCH3 is 1. The Morgan fingerprint density at radius 2 is 2.11 bits per heavy atom. The van der Waals surface area contributed by atoms with Gasteiger partial charge in [0.25, 0.3) is 5.91 Å². The lowest BCUT2D eigenvalue weighted by Crippen LogP contribution is -2.44. The van der Waals surface area contributed by atoms with Crippen LogP contribution in [0.1, 0.15) is 42.3 Å². The number of nitrogens with zero attached hydrogens (tertiary/aromatic N) is 2. The summed E-state index contributed by atoms with van der Waals surface area (Å²) in [6, 6.07) is 1.63. The monoisotopic (exact) mass is 394 g/mol. The SMILES string of the molecule is CCOC(=O)[C@@H]1CCCN(C(=O)CCN(CCOC)C(=O)c2ccoc2C)C1. The summed E-state index contributed by atoms with van der Waals surface area (Å²) >= 11 is 0. The molecule has 1 aliphatic rings. The van der Waals surface area contributed by atoms with Gasteiger partial charge in [-0.2, -0.15) is 0 Å². The Kier molecular flexibility index (Phi) is 8.50. The number of carbonyl (C=O) groups is 3. The molecule has 2 heterocycles. The van der Waals surface area contributed by atoms with E-state index >= 15 is 0 Å². The highest BCUT2D eigenvalue weighted by atomic mass is 16.5. The predicted octanol–water partition coefficient (Wildman–Crippen LogP) is 1.87. The van der Waals surface area contributed by atoms with Crippen molar-refractivity contribution in [2.75, 3.05) is 46.5 Å². The van der Waals surface area contributed by atoms with Crippen LogP contribution in [0, 0.1) is 12.8 Å². The molecule has 2 rings (SSSR count). The molecule has 0 N–H and O–H groups in total. The van der Waals surface area contributed by atoms with E-state index in [2.05, 4.69) is 0 Å². The predicted molar refractivity (Wildman–Crippen MR) is 102 cm³/mol. The maximum absolute atomic E-state index is 12.8. The van der Waals surface area contributed by atoms with Gasteiger partial charge in [-0.05, 0) is 32.8 Å². The van der Waals surface area contributed by atoms with Crippen molar-refractivity contribution in [3.63, 3.8) is 0 Å². The number of piperidine rings is 1. The molecular formula is C20H30N2O6. The average molecular weight is 394 g/mol. The summed E-state index contributed by atoms with van der Waals surface area (Å²) < 4.78 is 15.4. The van der Waals surface area contributed by atoms with Crippen molar-refractivity contribution < 1.29 is 28.3 Å². The minimum atomic E-state index is -0.266. The second-order valence-corrected chi connectivity index (χ2v) is 6.86. The molecule has 1 aliphatic heterocycles. The van der Waals surface area contributed by atoms with Crippen LogP contribution in [0.25, 0.3) is 0 Å². The highest BCUT2D eigenvalue weighted by molar-refractivity contribution is 5.95. The van der Waals surface area contributed by atoms with Crippen LogP contribution in [-0.2, 0) is 19.1 Å². The Labute approximate surface area is 165 Å². The molecule has 8 heteroatoms. The summed E-state index contributed by atoms with van der Waals surface area (Å²) in [5.41, 5.74) is 0.490. The fraction of sp³-hybridized carbons (Fsp3) is 0.650. The number of ether oxygens (including phenoxy) is 2. The van der Waals surface area contributed by atoms with Gasteiger partial charge < -0.3 is 23.7 Å². The van der Waals surface area contributed by atoms with Crippen molar-refractivity contribution in [2.24, 2.45) is 5.92 Å². The minimum Gasteiger partial charge on any atom is -0.469 e. The second kappa shape index (κ2) is 10.8. The lowest BCUT2D eigenvalue weighted by atomic mass is 9.98. The van der Waals surface area contributed by atoms with Crippen LogP contribution in [0.5, 0.6) is 0 Å². The van der Waals surface area contributed by atoms with Crippen molar-refractivity contribution in [2.45, 2.75) is 33.1 Å². The van der Waals surface area contributed by atoms with E-state index in [1.54, 1.807) is 36.8 Å². The smallest absolute Gasteiger partial charge is 0.310 e. The molecule has 8 nitrogen and oxygen atoms in total. The molecule has 1 aromatic heterocycles. The van der Waals surface area contributed by atoms with Gasteiger partial charge in [-0.1, -0.05) is 0 Å². The lowest BCUT2D eigenvalue weighted by Gasteiger charge is -2.32. The van der Waals surface area contributed by atoms with E-state index < -0.39 is 0 Å². The van der Waals surface area contributed by atoms with E-state index in [1.165, 1.54) is 6.26 Å². The van der Waals surface area contributed by atoms with Gasteiger partial charge in [-0.3, -0.25) is 14.4 Å². The maximum atomic E-state index is 12.8. The first kappa shape index (κ1) is 21.9. The highest BCUT2D eigenvalue weighted by Crippen LogP contribution is 2.19. The van der Waals surface area contributed by atoms with E-state index in [0.717, 1.165) is 12.8 Å². The van der Waals surface area contributed by atoms with Gasteiger partial charge in [-0.15, -0.1) is 0 Å². The van der Waals surface area contributed by atoms with Gasteiger partial charge in [0.15, 0.2) is 0 Å². The normalized spacial score (nSPS) is 16.7. The summed E-state index contributed by atoms with van der Waals surface area (Å²) in [5, 5.41) is 0. The molecule has 156 valence electrons. The molecule has 0 bridgehead atoms. The van der Waals surface area contributed by atoms with E-state index in [0.29, 0.717) is 44.2 Å². The Balaban J connectivity index is 1.94. The number of likely N-dealkylation sites (tertiary alicyclic amines) is 1. The number of esters is 1. The summed E-state index contributed by atoms with van der Waals surface area (Å²) in [4.78, 5) is 40.7. The maximum Gasteiger partial charge on any atom is 0.310 e. The third-order valence-electron chi connectivity index (χ3n) is 4.93. The van der Waals surface area contributed by atoms with E-state index in [9.17, 15) is 14.4 Å². The topological polar surface area (TPSA) is 89.3 Å². The zero-order chi connectivity index (χ0) is 20.5. The summed E-state index contributed by atoms with van der Waals surface area (Å²) in [5.74, 6) is -0.205. The number of carbonyl (C=O) groups excluding carboxylic acids is 3. The van der Waals surface area contributed by atoms with Gasteiger partial charge in [-0.25, -0.2) is 0 Å². The van der Waals surface area contributed by atoms with Crippen LogP contribution >= 0.6 is 0 Å². The lowest BCUT2D eigenvalue weighted by molar-refractivity contribution is -0.151. The minimum absolute atomic E-state index is 0.0619. The van der Waals surface area contributed by atoms with Crippen LogP contribution in [0.15, 0.2) is 16.7 Å². The third-order valence-corrected chi connectivity index (χ3v) is 4.93. The molecule has 0 spiro atoms. The average Bonchev–Trinajstić information content (AvgIpc) is 3.13. The Hall–Kier alpha value is -2.35. The number of amides is 2.